The highest BCUT2D eigenvalue weighted by Gasteiger charge is 2.59. The summed E-state index contributed by atoms with van der Waals surface area (Å²) in [6, 6.07) is 3.09. The largest absolute Gasteiger partial charge is 0.507 e. The summed E-state index contributed by atoms with van der Waals surface area (Å²) in [5, 5.41) is 10.3. The number of fused-ring (bicyclic) bond motifs is 3. The van der Waals surface area contributed by atoms with Gasteiger partial charge >= 0.3 is 5.97 Å². The van der Waals surface area contributed by atoms with Gasteiger partial charge in [-0.2, -0.15) is 0 Å². The molecular weight excluding hydrogens is 368 g/mol. The van der Waals surface area contributed by atoms with Crippen LogP contribution in [0.4, 0.5) is 0 Å². The molecule has 0 radical (unpaired) electrons. The quantitative estimate of drug-likeness (QED) is 0.599. The molecule has 0 heterocycles. The average Bonchev–Trinajstić information content (AvgIpc) is 2.94. The molecule has 0 saturated heterocycles. The number of aromatic hydroxyl groups is 1. The van der Waals surface area contributed by atoms with Gasteiger partial charge in [0, 0.05) is 17.1 Å². The highest BCUT2D eigenvalue weighted by atomic mass is 16.5. The van der Waals surface area contributed by atoms with Gasteiger partial charge in [-0.15, -0.1) is 0 Å². The van der Waals surface area contributed by atoms with Crippen LogP contribution < -0.4 is 4.74 Å². The maximum absolute atomic E-state index is 12.8. The Labute approximate surface area is 171 Å². The van der Waals surface area contributed by atoms with Gasteiger partial charge in [0.1, 0.15) is 29.5 Å². The standard InChI is InChI=1S/C24H28O5/c1-13-6-16(28-5)8-18(26)20(13)22(27)29-19-11-24(4)17-10-23(2,3)9-14(17)7-15(12-25)21(19)24/h6-8,12,17,19,26H,9-11H2,1-5H3/t17?,19-,24-/m1/s1. The summed E-state index contributed by atoms with van der Waals surface area (Å²) in [6.07, 6.45) is 5.23. The molecule has 1 aromatic carbocycles. The van der Waals surface area contributed by atoms with E-state index in [2.05, 4.69) is 20.8 Å². The fourth-order valence-corrected chi connectivity index (χ4v) is 5.68. The van der Waals surface area contributed by atoms with Crippen LogP contribution in [0.2, 0.25) is 0 Å². The van der Waals surface area contributed by atoms with E-state index in [1.165, 1.54) is 18.7 Å². The summed E-state index contributed by atoms with van der Waals surface area (Å²) >= 11 is 0. The van der Waals surface area contributed by atoms with Gasteiger partial charge in [0.15, 0.2) is 0 Å². The van der Waals surface area contributed by atoms with Crippen molar-refractivity contribution in [2.45, 2.75) is 53.1 Å². The van der Waals surface area contributed by atoms with E-state index in [1.807, 2.05) is 6.08 Å². The topological polar surface area (TPSA) is 72.8 Å². The smallest absolute Gasteiger partial charge is 0.342 e. The zero-order valence-corrected chi connectivity index (χ0v) is 17.7. The Morgan fingerprint density at radius 3 is 2.59 bits per heavy atom. The number of carbonyl (C=O) groups is 2. The first-order chi connectivity index (χ1) is 13.6. The fraction of sp³-hybridized carbons (Fsp3) is 0.500. The number of hydrogen-bond donors (Lipinski definition) is 1. The molecule has 1 N–H and O–H groups in total. The zero-order valence-electron chi connectivity index (χ0n) is 17.7. The summed E-state index contributed by atoms with van der Waals surface area (Å²) in [5.41, 5.74) is 3.72. The minimum absolute atomic E-state index is 0.140. The van der Waals surface area contributed by atoms with Crippen LogP contribution in [0.1, 0.15) is 56.0 Å². The first kappa shape index (κ1) is 19.7. The number of carbonyl (C=O) groups excluding carboxylic acids is 2. The van der Waals surface area contributed by atoms with Crippen molar-refractivity contribution < 1.29 is 24.2 Å². The molecule has 0 aliphatic heterocycles. The van der Waals surface area contributed by atoms with Crippen molar-refractivity contribution in [3.05, 3.63) is 46.1 Å². The summed E-state index contributed by atoms with van der Waals surface area (Å²) in [6.45, 7) is 8.45. The number of allylic oxidation sites excluding steroid dienone is 3. The fourth-order valence-electron chi connectivity index (χ4n) is 5.68. The molecule has 1 unspecified atom stereocenters. The lowest BCUT2D eigenvalue weighted by atomic mass is 9.52. The molecule has 4 rings (SSSR count). The molecule has 3 aliphatic rings. The number of rotatable bonds is 4. The number of methoxy groups -OCH3 is 1. The molecular formula is C24H28O5. The minimum atomic E-state index is -0.575. The third kappa shape index (κ3) is 2.98. The highest BCUT2D eigenvalue weighted by molar-refractivity contribution is 5.95. The molecule has 2 fully saturated rings. The number of phenolic OH excluding ortho intramolecular Hbond substituents is 1. The second-order valence-corrected chi connectivity index (χ2v) is 9.66. The predicted molar refractivity (Wildman–Crippen MR) is 109 cm³/mol. The third-order valence-electron chi connectivity index (χ3n) is 6.96. The average molecular weight is 396 g/mol. The maximum Gasteiger partial charge on any atom is 0.342 e. The molecule has 3 aliphatic carbocycles. The lowest BCUT2D eigenvalue weighted by Crippen LogP contribution is -2.51. The van der Waals surface area contributed by atoms with Crippen molar-refractivity contribution in [2.75, 3.05) is 7.11 Å². The van der Waals surface area contributed by atoms with Crippen molar-refractivity contribution in [3.63, 3.8) is 0 Å². The molecule has 5 nitrogen and oxygen atoms in total. The van der Waals surface area contributed by atoms with Crippen LogP contribution in [0, 0.1) is 23.7 Å². The van der Waals surface area contributed by atoms with Crippen LogP contribution in [-0.2, 0) is 9.53 Å². The SMILES string of the molecule is COc1cc(C)c(C(=O)O[C@@H]2C[C@@]3(C)C2=C(C=O)C=C2CC(C)(C)CC23)c(O)c1. The molecule has 5 heteroatoms. The lowest BCUT2D eigenvalue weighted by Gasteiger charge is -2.54. The molecule has 29 heavy (non-hydrogen) atoms. The maximum atomic E-state index is 12.8. The summed E-state index contributed by atoms with van der Waals surface area (Å²) in [5.74, 6) is 0.130. The Bertz CT molecular complexity index is 944. The second-order valence-electron chi connectivity index (χ2n) is 9.66. The van der Waals surface area contributed by atoms with Gasteiger partial charge < -0.3 is 14.6 Å². The van der Waals surface area contributed by atoms with Crippen LogP contribution in [0.15, 0.2) is 34.9 Å². The monoisotopic (exact) mass is 396 g/mol. The van der Waals surface area contributed by atoms with Crippen molar-refractivity contribution in [2.24, 2.45) is 16.7 Å². The number of hydrogen-bond acceptors (Lipinski definition) is 5. The molecule has 0 spiro atoms. The van der Waals surface area contributed by atoms with Crippen molar-refractivity contribution in [1.82, 2.24) is 0 Å². The van der Waals surface area contributed by atoms with Gasteiger partial charge in [-0.05, 0) is 54.7 Å². The Kier molecular flexibility index (Phi) is 4.41. The van der Waals surface area contributed by atoms with E-state index in [9.17, 15) is 14.7 Å². The number of phenols is 1. The van der Waals surface area contributed by atoms with E-state index >= 15 is 0 Å². The second kappa shape index (κ2) is 6.48. The number of esters is 1. The highest BCUT2D eigenvalue weighted by Crippen LogP contribution is 2.64. The zero-order chi connectivity index (χ0) is 21.1. The molecule has 154 valence electrons. The number of benzene rings is 1. The lowest BCUT2D eigenvalue weighted by molar-refractivity contribution is -0.105. The van der Waals surface area contributed by atoms with Gasteiger partial charge in [-0.25, -0.2) is 4.79 Å². The van der Waals surface area contributed by atoms with Gasteiger partial charge in [0.2, 0.25) is 0 Å². The number of aryl methyl sites for hydroxylation is 1. The van der Waals surface area contributed by atoms with Crippen LogP contribution in [0.3, 0.4) is 0 Å². The van der Waals surface area contributed by atoms with Crippen molar-refractivity contribution >= 4 is 12.3 Å². The van der Waals surface area contributed by atoms with Gasteiger partial charge in [0.05, 0.1) is 7.11 Å². The normalized spacial score (nSPS) is 29.3. The van der Waals surface area contributed by atoms with Crippen LogP contribution in [0.5, 0.6) is 11.5 Å². The van der Waals surface area contributed by atoms with E-state index in [-0.39, 0.29) is 22.1 Å². The number of aldehydes is 1. The Morgan fingerprint density at radius 2 is 1.97 bits per heavy atom. The number of ether oxygens (including phenoxy) is 2. The van der Waals surface area contributed by atoms with Crippen LogP contribution in [0.25, 0.3) is 0 Å². The molecule has 1 aromatic rings. The molecule has 0 aromatic heterocycles. The van der Waals surface area contributed by atoms with Crippen LogP contribution in [-0.4, -0.2) is 30.6 Å². The first-order valence-corrected chi connectivity index (χ1v) is 10.1. The van der Waals surface area contributed by atoms with E-state index in [1.54, 1.807) is 13.0 Å². The van der Waals surface area contributed by atoms with Crippen molar-refractivity contribution in [1.29, 1.82) is 0 Å². The van der Waals surface area contributed by atoms with Crippen molar-refractivity contribution in [3.8, 4) is 11.5 Å². The van der Waals surface area contributed by atoms with E-state index in [4.69, 9.17) is 9.47 Å². The molecule has 2 saturated carbocycles. The van der Waals surface area contributed by atoms with Gasteiger partial charge in [0.25, 0.3) is 0 Å². The molecule has 3 atom stereocenters. The minimum Gasteiger partial charge on any atom is -0.507 e. The van der Waals surface area contributed by atoms with E-state index < -0.39 is 12.1 Å². The Hall–Kier alpha value is -2.56. The summed E-state index contributed by atoms with van der Waals surface area (Å²) in [7, 11) is 1.50. The molecule has 0 amide bonds. The van der Waals surface area contributed by atoms with E-state index in [0.717, 1.165) is 24.7 Å². The van der Waals surface area contributed by atoms with Crippen LogP contribution >= 0.6 is 0 Å². The van der Waals surface area contributed by atoms with Gasteiger partial charge in [-0.1, -0.05) is 32.4 Å². The first-order valence-electron chi connectivity index (χ1n) is 10.1. The van der Waals surface area contributed by atoms with E-state index in [0.29, 0.717) is 29.2 Å². The molecule has 0 bridgehead atoms. The Morgan fingerprint density at radius 1 is 1.24 bits per heavy atom. The third-order valence-corrected chi connectivity index (χ3v) is 6.96. The summed E-state index contributed by atoms with van der Waals surface area (Å²) < 4.78 is 10.9. The Balaban J connectivity index is 1.62. The summed E-state index contributed by atoms with van der Waals surface area (Å²) in [4.78, 5) is 24.7. The predicted octanol–water partition coefficient (Wildman–Crippen LogP) is 4.52. The van der Waals surface area contributed by atoms with Gasteiger partial charge in [-0.3, -0.25) is 4.79 Å².